The second-order valence-corrected chi connectivity index (χ2v) is 6.32. The van der Waals surface area contributed by atoms with Gasteiger partial charge in [0, 0.05) is 25.8 Å². The average molecular weight is 382 g/mol. The normalized spacial score (nSPS) is 11.6. The third-order valence-electron chi connectivity index (χ3n) is 4.10. The molecule has 0 aliphatic rings. The maximum Gasteiger partial charge on any atom is 0.214 e. The lowest BCUT2D eigenvalue weighted by molar-refractivity contribution is 0.105. The summed E-state index contributed by atoms with van der Waals surface area (Å²) in [5.74, 6) is 2.90. The monoisotopic (exact) mass is 382 g/mol. The van der Waals surface area contributed by atoms with Crippen LogP contribution in [0.25, 0.3) is 11.3 Å². The third-order valence-corrected chi connectivity index (χ3v) is 4.10. The van der Waals surface area contributed by atoms with Gasteiger partial charge in [-0.1, -0.05) is 29.8 Å². The molecule has 0 saturated carbocycles. The number of hydrogen-bond acceptors (Lipinski definition) is 5. The molecule has 28 heavy (non-hydrogen) atoms. The minimum atomic E-state index is 0.459. The summed E-state index contributed by atoms with van der Waals surface area (Å²) in [5.41, 5.74) is 2.23. The van der Waals surface area contributed by atoms with Gasteiger partial charge in [0.15, 0.2) is 11.7 Å². The van der Waals surface area contributed by atoms with E-state index in [0.717, 1.165) is 30.0 Å². The Morgan fingerprint density at radius 2 is 2.04 bits per heavy atom. The van der Waals surface area contributed by atoms with E-state index in [4.69, 9.17) is 13.6 Å². The fourth-order valence-corrected chi connectivity index (χ4v) is 2.57. The number of rotatable bonds is 9. The fourth-order valence-electron chi connectivity index (χ4n) is 2.57. The lowest BCUT2D eigenvalue weighted by Crippen LogP contribution is -2.37. The molecule has 0 bridgehead atoms. The summed E-state index contributed by atoms with van der Waals surface area (Å²) in [4.78, 5) is 8.53. The first-order chi connectivity index (χ1) is 13.7. The molecule has 0 amide bonds. The van der Waals surface area contributed by atoms with Crippen molar-refractivity contribution in [2.75, 3.05) is 20.2 Å². The number of guanidine groups is 1. The molecule has 0 radical (unpaired) electrons. The molecular weight excluding hydrogens is 356 g/mol. The van der Waals surface area contributed by atoms with Gasteiger partial charge in [-0.2, -0.15) is 0 Å². The highest BCUT2D eigenvalue weighted by molar-refractivity contribution is 5.79. The predicted octanol–water partition coefficient (Wildman–Crippen LogP) is 3.51. The van der Waals surface area contributed by atoms with E-state index in [1.807, 2.05) is 24.3 Å². The second kappa shape index (κ2) is 10.3. The lowest BCUT2D eigenvalue weighted by Gasteiger charge is -2.10. The summed E-state index contributed by atoms with van der Waals surface area (Å²) >= 11 is 0. The van der Waals surface area contributed by atoms with Gasteiger partial charge < -0.3 is 24.2 Å². The van der Waals surface area contributed by atoms with E-state index >= 15 is 0 Å². The Bertz CT molecular complexity index is 854. The molecule has 2 aromatic heterocycles. The molecule has 0 spiro atoms. The highest BCUT2D eigenvalue weighted by Gasteiger charge is 2.07. The van der Waals surface area contributed by atoms with Crippen LogP contribution in [0.3, 0.4) is 0 Å². The Balaban J connectivity index is 1.35. The maximum atomic E-state index is 5.81. The van der Waals surface area contributed by atoms with Crippen molar-refractivity contribution in [3.05, 3.63) is 66.1 Å². The molecule has 2 N–H and O–H groups in total. The van der Waals surface area contributed by atoms with Gasteiger partial charge in [-0.15, -0.1) is 0 Å². The molecular formula is C21H26N4O3. The molecule has 2 heterocycles. The van der Waals surface area contributed by atoms with Crippen LogP contribution in [0.1, 0.15) is 23.6 Å². The molecule has 148 valence electrons. The number of oxazole rings is 1. The van der Waals surface area contributed by atoms with Crippen LogP contribution in [-0.4, -0.2) is 31.1 Å². The van der Waals surface area contributed by atoms with Crippen molar-refractivity contribution >= 4 is 5.96 Å². The molecule has 0 atom stereocenters. The summed E-state index contributed by atoms with van der Waals surface area (Å²) in [6, 6.07) is 11.9. The van der Waals surface area contributed by atoms with E-state index in [0.29, 0.717) is 31.6 Å². The third kappa shape index (κ3) is 5.99. The van der Waals surface area contributed by atoms with Crippen molar-refractivity contribution in [2.45, 2.75) is 26.5 Å². The Morgan fingerprint density at radius 1 is 1.18 bits per heavy atom. The van der Waals surface area contributed by atoms with Crippen LogP contribution in [0.15, 0.2) is 62.7 Å². The molecule has 7 heteroatoms. The maximum absolute atomic E-state index is 5.81. The second-order valence-electron chi connectivity index (χ2n) is 6.32. The zero-order chi connectivity index (χ0) is 19.6. The number of nitrogens with one attached hydrogen (secondary N) is 2. The van der Waals surface area contributed by atoms with E-state index < -0.39 is 0 Å². The lowest BCUT2D eigenvalue weighted by atomic mass is 10.1. The first-order valence-corrected chi connectivity index (χ1v) is 9.31. The van der Waals surface area contributed by atoms with E-state index in [-0.39, 0.29) is 0 Å². The van der Waals surface area contributed by atoms with Gasteiger partial charge in [0.25, 0.3) is 0 Å². The van der Waals surface area contributed by atoms with Crippen LogP contribution in [-0.2, 0) is 17.9 Å². The van der Waals surface area contributed by atoms with Crippen LogP contribution >= 0.6 is 0 Å². The molecule has 3 aromatic rings. The summed E-state index contributed by atoms with van der Waals surface area (Å²) in [7, 11) is 1.73. The largest absolute Gasteiger partial charge is 0.467 e. The Hall–Kier alpha value is -3.06. The number of furan rings is 1. The topological polar surface area (TPSA) is 84.8 Å². The SMILES string of the molecule is CN=C(NCCCOCc1ccco1)NCc1ncc(-c2ccc(C)cc2)o1. The van der Waals surface area contributed by atoms with E-state index in [2.05, 4.69) is 39.7 Å². The molecule has 0 aliphatic carbocycles. The van der Waals surface area contributed by atoms with Crippen LogP contribution < -0.4 is 10.6 Å². The number of aromatic nitrogens is 1. The van der Waals surface area contributed by atoms with E-state index in [9.17, 15) is 0 Å². The first kappa shape index (κ1) is 19.7. The number of aryl methyl sites for hydroxylation is 1. The molecule has 1 aromatic carbocycles. The smallest absolute Gasteiger partial charge is 0.214 e. The van der Waals surface area contributed by atoms with E-state index in [1.165, 1.54) is 5.56 Å². The summed E-state index contributed by atoms with van der Waals surface area (Å²) in [6.45, 7) is 4.40. The van der Waals surface area contributed by atoms with Gasteiger partial charge in [0.05, 0.1) is 19.0 Å². The molecule has 7 nitrogen and oxygen atoms in total. The molecule has 0 fully saturated rings. The molecule has 0 saturated heterocycles. The molecule has 0 unspecified atom stereocenters. The minimum Gasteiger partial charge on any atom is -0.467 e. The number of nitrogens with zero attached hydrogens (tertiary/aromatic N) is 2. The van der Waals surface area contributed by atoms with Gasteiger partial charge in [0.2, 0.25) is 5.89 Å². The fraction of sp³-hybridized carbons (Fsp3) is 0.333. The zero-order valence-electron chi connectivity index (χ0n) is 16.3. The van der Waals surface area contributed by atoms with Crippen LogP contribution in [0.4, 0.5) is 0 Å². The van der Waals surface area contributed by atoms with Crippen molar-refractivity contribution in [1.82, 2.24) is 15.6 Å². The van der Waals surface area contributed by atoms with Crippen molar-refractivity contribution in [1.29, 1.82) is 0 Å². The van der Waals surface area contributed by atoms with Crippen molar-refractivity contribution in [2.24, 2.45) is 4.99 Å². The highest BCUT2D eigenvalue weighted by Crippen LogP contribution is 2.20. The van der Waals surface area contributed by atoms with Gasteiger partial charge in [-0.25, -0.2) is 4.98 Å². The van der Waals surface area contributed by atoms with Crippen LogP contribution in [0.5, 0.6) is 0 Å². The predicted molar refractivity (Wildman–Crippen MR) is 108 cm³/mol. The number of hydrogen-bond donors (Lipinski definition) is 2. The van der Waals surface area contributed by atoms with Gasteiger partial charge >= 0.3 is 0 Å². The molecule has 0 aliphatic heterocycles. The van der Waals surface area contributed by atoms with Gasteiger partial charge in [0.1, 0.15) is 12.4 Å². The zero-order valence-corrected chi connectivity index (χ0v) is 16.3. The van der Waals surface area contributed by atoms with Crippen LogP contribution in [0.2, 0.25) is 0 Å². The Kier molecular flexibility index (Phi) is 7.26. The van der Waals surface area contributed by atoms with Crippen LogP contribution in [0, 0.1) is 6.92 Å². The molecule has 3 rings (SSSR count). The quantitative estimate of drug-likeness (QED) is 0.335. The number of ether oxygens (including phenoxy) is 1. The van der Waals surface area contributed by atoms with Crippen molar-refractivity contribution in [3.63, 3.8) is 0 Å². The average Bonchev–Trinajstić information content (AvgIpc) is 3.39. The summed E-state index contributed by atoms with van der Waals surface area (Å²) in [5, 5.41) is 6.44. The van der Waals surface area contributed by atoms with Crippen molar-refractivity contribution in [3.8, 4) is 11.3 Å². The standard InChI is InChI=1S/C21H26N4O3/c1-16-6-8-17(9-7-16)19-13-24-20(28-19)14-25-21(22-2)23-10-4-11-26-15-18-5-3-12-27-18/h3,5-9,12-13H,4,10-11,14-15H2,1-2H3,(H2,22,23,25). The minimum absolute atomic E-state index is 0.459. The number of benzene rings is 1. The van der Waals surface area contributed by atoms with Crippen molar-refractivity contribution < 1.29 is 13.6 Å². The van der Waals surface area contributed by atoms with Gasteiger partial charge in [-0.05, 0) is 25.5 Å². The summed E-state index contributed by atoms with van der Waals surface area (Å²) in [6.07, 6.45) is 4.25. The van der Waals surface area contributed by atoms with E-state index in [1.54, 1.807) is 19.5 Å². The number of aliphatic imine (C=N–C) groups is 1. The first-order valence-electron chi connectivity index (χ1n) is 9.31. The highest BCUT2D eigenvalue weighted by atomic mass is 16.5. The Labute approximate surface area is 164 Å². The summed E-state index contributed by atoms with van der Waals surface area (Å²) < 4.78 is 16.6. The Morgan fingerprint density at radius 3 is 2.79 bits per heavy atom. The van der Waals surface area contributed by atoms with Gasteiger partial charge in [-0.3, -0.25) is 4.99 Å².